The zero-order valence-corrected chi connectivity index (χ0v) is 17.1. The summed E-state index contributed by atoms with van der Waals surface area (Å²) >= 11 is 0. The summed E-state index contributed by atoms with van der Waals surface area (Å²) in [5.74, 6) is 0.778. The Bertz CT molecular complexity index is 843. The lowest BCUT2D eigenvalue weighted by atomic mass is 9.97. The number of ether oxygens (including phenoxy) is 2. The van der Waals surface area contributed by atoms with Crippen LogP contribution in [0.2, 0.25) is 0 Å². The summed E-state index contributed by atoms with van der Waals surface area (Å²) in [5.41, 5.74) is 0.0710. The van der Waals surface area contributed by atoms with E-state index in [0.717, 1.165) is 45.7 Å². The molecular weight excluding hydrogens is 385 g/mol. The van der Waals surface area contributed by atoms with E-state index >= 15 is 0 Å². The lowest BCUT2D eigenvalue weighted by Crippen LogP contribution is -2.47. The average molecular weight is 413 g/mol. The van der Waals surface area contributed by atoms with Crippen LogP contribution in [-0.4, -0.2) is 61.8 Å². The van der Waals surface area contributed by atoms with Gasteiger partial charge in [0.15, 0.2) is 11.6 Å². The zero-order chi connectivity index (χ0) is 20.8. The number of piperidine rings is 1. The molecular formula is C23H28FN3O3. The van der Waals surface area contributed by atoms with E-state index in [1.165, 1.54) is 6.07 Å². The first-order chi connectivity index (χ1) is 14.7. The number of para-hydroxylation sites is 2. The van der Waals surface area contributed by atoms with E-state index in [1.807, 2.05) is 18.2 Å². The van der Waals surface area contributed by atoms with Crippen molar-refractivity contribution in [2.75, 3.05) is 51.3 Å². The molecule has 1 atom stereocenters. The van der Waals surface area contributed by atoms with Gasteiger partial charge in [-0.05, 0) is 43.0 Å². The Morgan fingerprint density at radius 1 is 1.10 bits per heavy atom. The number of carbonyl (C=O) groups is 1. The predicted octanol–water partition coefficient (Wildman–Crippen LogP) is 4.19. The minimum atomic E-state index is -0.515. The number of amides is 2. The molecule has 0 aromatic heterocycles. The summed E-state index contributed by atoms with van der Waals surface area (Å²) in [5, 5.41) is 2.75. The number of rotatable bonds is 5. The van der Waals surface area contributed by atoms with Crippen LogP contribution >= 0.6 is 0 Å². The summed E-state index contributed by atoms with van der Waals surface area (Å²) < 4.78 is 25.8. The highest BCUT2D eigenvalue weighted by molar-refractivity contribution is 5.91. The van der Waals surface area contributed by atoms with Crippen LogP contribution in [0.3, 0.4) is 0 Å². The van der Waals surface area contributed by atoms with Crippen molar-refractivity contribution in [1.82, 2.24) is 9.80 Å². The van der Waals surface area contributed by atoms with E-state index in [9.17, 15) is 9.18 Å². The molecule has 0 radical (unpaired) electrons. The van der Waals surface area contributed by atoms with Crippen molar-refractivity contribution in [3.05, 3.63) is 54.3 Å². The first-order valence-electron chi connectivity index (χ1n) is 10.6. The average Bonchev–Trinajstić information content (AvgIpc) is 2.78. The number of hydrogen-bond acceptors (Lipinski definition) is 4. The molecule has 1 unspecified atom stereocenters. The normalized spacial score (nSPS) is 20.0. The maximum Gasteiger partial charge on any atom is 0.322 e. The summed E-state index contributed by atoms with van der Waals surface area (Å²) in [6.07, 6.45) is 2.05. The minimum Gasteiger partial charge on any atom is -0.455 e. The van der Waals surface area contributed by atoms with Crippen molar-refractivity contribution >= 4 is 11.7 Å². The van der Waals surface area contributed by atoms with Gasteiger partial charge in [-0.25, -0.2) is 9.18 Å². The van der Waals surface area contributed by atoms with Crippen LogP contribution < -0.4 is 10.1 Å². The monoisotopic (exact) mass is 413 g/mol. The number of hydrogen-bond donors (Lipinski definition) is 1. The van der Waals surface area contributed by atoms with Crippen LogP contribution in [0.25, 0.3) is 0 Å². The zero-order valence-electron chi connectivity index (χ0n) is 17.1. The summed E-state index contributed by atoms with van der Waals surface area (Å²) in [6.45, 7) is 5.75. The third-order valence-electron chi connectivity index (χ3n) is 5.60. The fourth-order valence-corrected chi connectivity index (χ4v) is 4.06. The third-order valence-corrected chi connectivity index (χ3v) is 5.60. The van der Waals surface area contributed by atoms with Gasteiger partial charge in [-0.15, -0.1) is 0 Å². The number of halogens is 1. The van der Waals surface area contributed by atoms with Gasteiger partial charge >= 0.3 is 6.03 Å². The molecule has 30 heavy (non-hydrogen) atoms. The van der Waals surface area contributed by atoms with Crippen molar-refractivity contribution in [3.63, 3.8) is 0 Å². The third kappa shape index (κ3) is 5.29. The molecule has 2 aromatic carbocycles. The van der Waals surface area contributed by atoms with Gasteiger partial charge in [-0.1, -0.05) is 24.3 Å². The van der Waals surface area contributed by atoms with Crippen molar-refractivity contribution in [3.8, 4) is 11.5 Å². The molecule has 2 aliphatic heterocycles. The smallest absolute Gasteiger partial charge is 0.322 e. The lowest BCUT2D eigenvalue weighted by molar-refractivity contribution is 0.0252. The summed E-state index contributed by atoms with van der Waals surface area (Å²) in [7, 11) is 0. The van der Waals surface area contributed by atoms with Crippen molar-refractivity contribution in [2.24, 2.45) is 5.92 Å². The SMILES string of the molecule is O=C(Nc1c(F)cccc1Oc1ccccc1)N1CCCC(CN2CCOCC2)C1. The molecule has 6 nitrogen and oxygen atoms in total. The molecule has 0 saturated carbocycles. The highest BCUT2D eigenvalue weighted by Crippen LogP contribution is 2.32. The molecule has 2 heterocycles. The van der Waals surface area contributed by atoms with Crippen molar-refractivity contribution in [1.29, 1.82) is 0 Å². The maximum absolute atomic E-state index is 14.5. The van der Waals surface area contributed by atoms with Gasteiger partial charge in [0.05, 0.1) is 13.2 Å². The number of nitrogens with zero attached hydrogens (tertiary/aromatic N) is 2. The fraction of sp³-hybridized carbons (Fsp3) is 0.435. The Kier molecular flexibility index (Phi) is 6.81. The molecule has 2 aliphatic rings. The number of likely N-dealkylation sites (tertiary alicyclic amines) is 1. The highest BCUT2D eigenvalue weighted by atomic mass is 19.1. The Balaban J connectivity index is 1.40. The van der Waals surface area contributed by atoms with E-state index in [1.54, 1.807) is 29.2 Å². The van der Waals surface area contributed by atoms with Crippen LogP contribution in [0, 0.1) is 11.7 Å². The Hall–Kier alpha value is -2.64. The number of benzene rings is 2. The molecule has 1 N–H and O–H groups in total. The fourth-order valence-electron chi connectivity index (χ4n) is 4.06. The minimum absolute atomic E-state index is 0.0710. The van der Waals surface area contributed by atoms with Gasteiger partial charge in [-0.2, -0.15) is 0 Å². The Morgan fingerprint density at radius 3 is 2.70 bits per heavy atom. The molecule has 0 bridgehead atoms. The number of morpholine rings is 1. The number of urea groups is 1. The molecule has 2 aromatic rings. The van der Waals surface area contributed by atoms with Gasteiger partial charge in [0, 0.05) is 32.7 Å². The van der Waals surface area contributed by atoms with Crippen molar-refractivity contribution < 1.29 is 18.7 Å². The quantitative estimate of drug-likeness (QED) is 0.799. The largest absolute Gasteiger partial charge is 0.455 e. The van der Waals surface area contributed by atoms with Crippen LogP contribution in [-0.2, 0) is 4.74 Å². The molecule has 0 aliphatic carbocycles. The predicted molar refractivity (Wildman–Crippen MR) is 113 cm³/mol. The van der Waals surface area contributed by atoms with E-state index in [4.69, 9.17) is 9.47 Å². The molecule has 2 amide bonds. The molecule has 2 saturated heterocycles. The number of anilines is 1. The second-order valence-electron chi connectivity index (χ2n) is 7.83. The molecule has 0 spiro atoms. The maximum atomic E-state index is 14.5. The first kappa shape index (κ1) is 20.6. The standard InChI is InChI=1S/C23H28FN3O3/c24-20-9-4-10-21(30-19-7-2-1-3-8-19)22(20)25-23(28)27-11-5-6-18(17-27)16-26-12-14-29-15-13-26/h1-4,7-10,18H,5-6,11-17H2,(H,25,28). The van der Waals surface area contributed by atoms with Crippen LogP contribution in [0.5, 0.6) is 11.5 Å². The van der Waals surface area contributed by atoms with E-state index in [2.05, 4.69) is 10.2 Å². The van der Waals surface area contributed by atoms with E-state index in [-0.39, 0.29) is 17.5 Å². The van der Waals surface area contributed by atoms with Gasteiger partial charge < -0.3 is 19.7 Å². The van der Waals surface area contributed by atoms with Gasteiger partial charge in [0.25, 0.3) is 0 Å². The van der Waals surface area contributed by atoms with Gasteiger partial charge in [0.2, 0.25) is 0 Å². The molecule has 2 fully saturated rings. The highest BCUT2D eigenvalue weighted by Gasteiger charge is 2.27. The number of carbonyl (C=O) groups excluding carboxylic acids is 1. The van der Waals surface area contributed by atoms with Gasteiger partial charge in [-0.3, -0.25) is 4.90 Å². The number of nitrogens with one attached hydrogen (secondary N) is 1. The van der Waals surface area contributed by atoms with Crippen LogP contribution in [0.4, 0.5) is 14.9 Å². The van der Waals surface area contributed by atoms with E-state index in [0.29, 0.717) is 24.8 Å². The summed E-state index contributed by atoms with van der Waals surface area (Å²) in [4.78, 5) is 17.1. The van der Waals surface area contributed by atoms with Crippen molar-refractivity contribution in [2.45, 2.75) is 12.8 Å². The van der Waals surface area contributed by atoms with Gasteiger partial charge in [0.1, 0.15) is 11.4 Å². The van der Waals surface area contributed by atoms with Crippen LogP contribution in [0.1, 0.15) is 12.8 Å². The van der Waals surface area contributed by atoms with Crippen LogP contribution in [0.15, 0.2) is 48.5 Å². The Morgan fingerprint density at radius 2 is 1.90 bits per heavy atom. The lowest BCUT2D eigenvalue weighted by Gasteiger charge is -2.36. The van der Waals surface area contributed by atoms with E-state index < -0.39 is 5.82 Å². The topological polar surface area (TPSA) is 54.0 Å². The first-order valence-corrected chi connectivity index (χ1v) is 10.6. The summed E-state index contributed by atoms with van der Waals surface area (Å²) in [6, 6.07) is 13.4. The molecule has 4 rings (SSSR count). The second kappa shape index (κ2) is 9.91. The second-order valence-corrected chi connectivity index (χ2v) is 7.83. The molecule has 7 heteroatoms. The Labute approximate surface area is 176 Å². The molecule has 160 valence electrons.